The first-order valence-corrected chi connectivity index (χ1v) is 10.8. The predicted molar refractivity (Wildman–Crippen MR) is 123 cm³/mol. The number of carbonyl (C=O) groups excluding carboxylic acids is 1. The molecule has 1 aliphatic rings. The number of fused-ring (bicyclic) bond motifs is 1. The number of para-hydroxylation sites is 1. The van der Waals surface area contributed by atoms with Gasteiger partial charge in [-0.25, -0.2) is 0 Å². The molecule has 162 valence electrons. The number of nitrogens with zero attached hydrogens (tertiary/aromatic N) is 4. The smallest absolute Gasteiger partial charge is 0.289 e. The largest absolute Gasteiger partial charge is 0.494 e. The summed E-state index contributed by atoms with van der Waals surface area (Å²) in [4.78, 5) is 16.8. The molecule has 1 saturated heterocycles. The van der Waals surface area contributed by atoms with Crippen molar-refractivity contribution < 1.29 is 13.9 Å². The molecule has 0 unspecified atom stereocenters. The van der Waals surface area contributed by atoms with Crippen molar-refractivity contribution in [2.45, 2.75) is 6.92 Å². The number of aromatic nitrogens is 2. The summed E-state index contributed by atoms with van der Waals surface area (Å²) in [5.74, 6) is 1.98. The van der Waals surface area contributed by atoms with Gasteiger partial charge in [0.25, 0.3) is 5.91 Å². The lowest BCUT2D eigenvalue weighted by Crippen LogP contribution is -2.49. The molecule has 1 aliphatic heterocycles. The third-order valence-electron chi connectivity index (χ3n) is 5.64. The summed E-state index contributed by atoms with van der Waals surface area (Å²) in [6.07, 6.45) is 0. The van der Waals surface area contributed by atoms with Gasteiger partial charge < -0.3 is 19.0 Å². The van der Waals surface area contributed by atoms with E-state index in [1.807, 2.05) is 78.6 Å². The summed E-state index contributed by atoms with van der Waals surface area (Å²) in [7, 11) is 0. The molecule has 7 nitrogen and oxygen atoms in total. The van der Waals surface area contributed by atoms with Gasteiger partial charge in [-0.05, 0) is 55.5 Å². The molecule has 0 aliphatic carbocycles. The van der Waals surface area contributed by atoms with Crippen molar-refractivity contribution in [3.63, 3.8) is 0 Å². The van der Waals surface area contributed by atoms with E-state index in [2.05, 4.69) is 15.1 Å². The Morgan fingerprint density at radius 1 is 0.969 bits per heavy atom. The Hall–Kier alpha value is -3.87. The molecule has 0 radical (unpaired) electrons. The first kappa shape index (κ1) is 20.1. The number of hydrogen-bond acceptors (Lipinski definition) is 6. The van der Waals surface area contributed by atoms with Crippen molar-refractivity contribution in [1.29, 1.82) is 0 Å². The van der Waals surface area contributed by atoms with Gasteiger partial charge in [0.1, 0.15) is 11.3 Å². The number of ether oxygens (including phenoxy) is 1. The topological polar surface area (TPSA) is 71.7 Å². The molecular weight excluding hydrogens is 404 g/mol. The number of piperazine rings is 1. The second kappa shape index (κ2) is 8.70. The van der Waals surface area contributed by atoms with E-state index in [1.165, 1.54) is 0 Å². The van der Waals surface area contributed by atoms with Crippen LogP contribution in [0.4, 0.5) is 5.82 Å². The van der Waals surface area contributed by atoms with Gasteiger partial charge in [-0.3, -0.25) is 4.79 Å². The highest BCUT2D eigenvalue weighted by atomic mass is 16.5. The Bertz CT molecular complexity index is 1180. The molecule has 0 saturated carbocycles. The number of amides is 1. The number of benzene rings is 2. The molecule has 3 heterocycles. The minimum absolute atomic E-state index is 0.0715. The molecule has 5 rings (SSSR count). The summed E-state index contributed by atoms with van der Waals surface area (Å²) in [6, 6.07) is 21.3. The summed E-state index contributed by atoms with van der Waals surface area (Å²) < 4.78 is 11.2. The van der Waals surface area contributed by atoms with Crippen LogP contribution in [0, 0.1) is 0 Å². The Morgan fingerprint density at radius 3 is 2.44 bits per heavy atom. The fourth-order valence-corrected chi connectivity index (χ4v) is 3.92. The van der Waals surface area contributed by atoms with Gasteiger partial charge in [0, 0.05) is 37.1 Å². The van der Waals surface area contributed by atoms with Crippen LogP contribution in [0.25, 0.3) is 22.2 Å². The van der Waals surface area contributed by atoms with Gasteiger partial charge in [-0.1, -0.05) is 18.2 Å². The van der Waals surface area contributed by atoms with E-state index in [4.69, 9.17) is 9.15 Å². The van der Waals surface area contributed by atoms with Gasteiger partial charge in [0.15, 0.2) is 11.6 Å². The normalized spacial score (nSPS) is 14.0. The molecule has 7 heteroatoms. The molecule has 0 spiro atoms. The zero-order valence-electron chi connectivity index (χ0n) is 17.9. The Morgan fingerprint density at radius 2 is 1.75 bits per heavy atom. The van der Waals surface area contributed by atoms with E-state index < -0.39 is 0 Å². The van der Waals surface area contributed by atoms with Crippen molar-refractivity contribution in [3.05, 3.63) is 72.5 Å². The molecular formula is C25H24N4O3. The van der Waals surface area contributed by atoms with E-state index in [0.29, 0.717) is 38.5 Å². The van der Waals surface area contributed by atoms with Gasteiger partial charge in [0.2, 0.25) is 0 Å². The highest BCUT2D eigenvalue weighted by Gasteiger charge is 2.25. The van der Waals surface area contributed by atoms with Crippen LogP contribution >= 0.6 is 0 Å². The van der Waals surface area contributed by atoms with Crippen molar-refractivity contribution in [3.8, 4) is 17.0 Å². The zero-order valence-corrected chi connectivity index (χ0v) is 17.9. The first-order valence-electron chi connectivity index (χ1n) is 10.8. The molecule has 2 aromatic heterocycles. The maximum atomic E-state index is 12.9. The fraction of sp³-hybridized carbons (Fsp3) is 0.240. The number of furan rings is 1. The highest BCUT2D eigenvalue weighted by molar-refractivity contribution is 5.96. The van der Waals surface area contributed by atoms with Crippen LogP contribution < -0.4 is 9.64 Å². The SMILES string of the molecule is CCOc1ccc(-c2ccc(N3CCN(C(=O)c4cc5ccccc5o4)CC3)nn2)cc1. The quantitative estimate of drug-likeness (QED) is 0.473. The van der Waals surface area contributed by atoms with E-state index in [0.717, 1.165) is 33.8 Å². The summed E-state index contributed by atoms with van der Waals surface area (Å²) in [5.41, 5.74) is 2.54. The molecule has 0 bridgehead atoms. The van der Waals surface area contributed by atoms with E-state index in [9.17, 15) is 4.79 Å². The number of hydrogen-bond donors (Lipinski definition) is 0. The lowest BCUT2D eigenvalue weighted by molar-refractivity contribution is 0.0717. The van der Waals surface area contributed by atoms with Crippen LogP contribution in [0.2, 0.25) is 0 Å². The first-order chi connectivity index (χ1) is 15.7. The third kappa shape index (κ3) is 4.01. The zero-order chi connectivity index (χ0) is 21.9. The van der Waals surface area contributed by atoms with Gasteiger partial charge in [0.05, 0.1) is 12.3 Å². The van der Waals surface area contributed by atoms with Crippen molar-refractivity contribution >= 4 is 22.7 Å². The van der Waals surface area contributed by atoms with Crippen LogP contribution in [0.1, 0.15) is 17.5 Å². The average Bonchev–Trinajstić information content (AvgIpc) is 3.29. The van der Waals surface area contributed by atoms with E-state index >= 15 is 0 Å². The molecule has 2 aromatic carbocycles. The number of anilines is 1. The maximum Gasteiger partial charge on any atom is 0.289 e. The maximum absolute atomic E-state index is 12.9. The number of rotatable bonds is 5. The Kier molecular flexibility index (Phi) is 5.46. The molecule has 1 amide bonds. The minimum atomic E-state index is -0.0715. The van der Waals surface area contributed by atoms with Gasteiger partial charge >= 0.3 is 0 Å². The molecule has 1 fully saturated rings. The fourth-order valence-electron chi connectivity index (χ4n) is 3.92. The average molecular weight is 428 g/mol. The van der Waals surface area contributed by atoms with Crippen LogP contribution in [0.15, 0.2) is 71.1 Å². The van der Waals surface area contributed by atoms with E-state index in [1.54, 1.807) is 0 Å². The van der Waals surface area contributed by atoms with Crippen LogP contribution in [0.5, 0.6) is 5.75 Å². The lowest BCUT2D eigenvalue weighted by Gasteiger charge is -2.34. The van der Waals surface area contributed by atoms with Gasteiger partial charge in [-0.15, -0.1) is 10.2 Å². The number of carbonyl (C=O) groups is 1. The standard InChI is InChI=1S/C25H24N4O3/c1-2-31-20-9-7-18(8-10-20)21-11-12-24(27-26-21)28-13-15-29(16-14-28)25(30)23-17-19-5-3-4-6-22(19)32-23/h3-12,17H,2,13-16H2,1H3. The lowest BCUT2D eigenvalue weighted by atomic mass is 10.1. The summed E-state index contributed by atoms with van der Waals surface area (Å²) in [5, 5.41) is 9.76. The van der Waals surface area contributed by atoms with Crippen molar-refractivity contribution in [2.24, 2.45) is 0 Å². The summed E-state index contributed by atoms with van der Waals surface area (Å²) in [6.45, 7) is 5.22. The Labute approximate surface area is 186 Å². The van der Waals surface area contributed by atoms with Crippen LogP contribution in [0.3, 0.4) is 0 Å². The highest BCUT2D eigenvalue weighted by Crippen LogP contribution is 2.23. The molecule has 0 atom stereocenters. The van der Waals surface area contributed by atoms with Crippen LogP contribution in [-0.4, -0.2) is 53.8 Å². The van der Waals surface area contributed by atoms with Crippen molar-refractivity contribution in [1.82, 2.24) is 15.1 Å². The van der Waals surface area contributed by atoms with Crippen molar-refractivity contribution in [2.75, 3.05) is 37.7 Å². The summed E-state index contributed by atoms with van der Waals surface area (Å²) >= 11 is 0. The monoisotopic (exact) mass is 428 g/mol. The minimum Gasteiger partial charge on any atom is -0.494 e. The van der Waals surface area contributed by atoms with Crippen LogP contribution in [-0.2, 0) is 0 Å². The second-order valence-corrected chi connectivity index (χ2v) is 7.66. The molecule has 32 heavy (non-hydrogen) atoms. The predicted octanol–water partition coefficient (Wildman–Crippen LogP) is 4.25. The third-order valence-corrected chi connectivity index (χ3v) is 5.64. The Balaban J connectivity index is 1.21. The molecule has 4 aromatic rings. The molecule has 0 N–H and O–H groups in total. The second-order valence-electron chi connectivity index (χ2n) is 7.66. The van der Waals surface area contributed by atoms with E-state index in [-0.39, 0.29) is 5.91 Å². The van der Waals surface area contributed by atoms with Gasteiger partial charge in [-0.2, -0.15) is 0 Å².